The van der Waals surface area contributed by atoms with Crippen molar-refractivity contribution in [3.63, 3.8) is 0 Å². The number of rotatable bonds is 6. The van der Waals surface area contributed by atoms with Gasteiger partial charge in [-0.25, -0.2) is 8.42 Å². The maximum Gasteiger partial charge on any atom is 0.323 e. The maximum atomic E-state index is 12.7. The summed E-state index contributed by atoms with van der Waals surface area (Å²) in [5.41, 5.74) is 0. The molecule has 1 aliphatic heterocycles. The molecular weight excluding hydrogens is 346 g/mol. The van der Waals surface area contributed by atoms with Crippen LogP contribution in [0.1, 0.15) is 39.0 Å². The molecule has 8 nitrogen and oxygen atoms in total. The first kappa shape index (κ1) is 19.6. The number of carbonyl (C=O) groups excluding carboxylic acids is 1. The molecule has 2 N–H and O–H groups in total. The number of aliphatic hydroxyl groups excluding tert-OH is 1. The zero-order valence-corrected chi connectivity index (χ0v) is 15.1. The van der Waals surface area contributed by atoms with Crippen LogP contribution in [0.3, 0.4) is 0 Å². The number of aromatic nitrogens is 1. The molecular formula is C16H25N3O5S. The van der Waals surface area contributed by atoms with Crippen molar-refractivity contribution in [1.29, 1.82) is 0 Å². The highest BCUT2D eigenvalue weighted by Gasteiger charge is 2.36. The molecule has 0 radical (unpaired) electrons. The van der Waals surface area contributed by atoms with Crippen LogP contribution in [0.2, 0.25) is 0 Å². The third kappa shape index (κ3) is 4.90. The molecule has 1 amide bonds. The van der Waals surface area contributed by atoms with E-state index in [9.17, 15) is 23.5 Å². The van der Waals surface area contributed by atoms with E-state index in [4.69, 9.17) is 0 Å². The van der Waals surface area contributed by atoms with Gasteiger partial charge in [-0.2, -0.15) is 9.04 Å². The topological polar surface area (TPSA) is 114 Å². The monoisotopic (exact) mass is 371 g/mol. The van der Waals surface area contributed by atoms with Gasteiger partial charge < -0.3 is 15.6 Å². The van der Waals surface area contributed by atoms with Gasteiger partial charge in [-0.3, -0.25) is 4.79 Å². The van der Waals surface area contributed by atoms with Crippen LogP contribution in [0.5, 0.6) is 0 Å². The van der Waals surface area contributed by atoms with Gasteiger partial charge in [0.2, 0.25) is 5.91 Å². The van der Waals surface area contributed by atoms with E-state index in [1.807, 2.05) is 6.92 Å². The van der Waals surface area contributed by atoms with E-state index in [0.717, 1.165) is 23.3 Å². The molecule has 0 bridgehead atoms. The summed E-state index contributed by atoms with van der Waals surface area (Å²) in [5, 5.41) is 24.6. The molecule has 25 heavy (non-hydrogen) atoms. The van der Waals surface area contributed by atoms with Crippen LogP contribution in [0.15, 0.2) is 29.4 Å². The zero-order valence-electron chi connectivity index (χ0n) is 14.3. The van der Waals surface area contributed by atoms with Gasteiger partial charge in [0.25, 0.3) is 0 Å². The Balaban J connectivity index is 2.09. The van der Waals surface area contributed by atoms with Crippen LogP contribution in [0.4, 0.5) is 0 Å². The fourth-order valence-electron chi connectivity index (χ4n) is 2.85. The molecule has 2 heterocycles. The number of β-amino-alcohol motifs (C(OH)–C–C–N with tert-alkyl or cyclic N) is 1. The molecule has 1 aromatic rings. The summed E-state index contributed by atoms with van der Waals surface area (Å²) < 4.78 is 26.8. The first-order valence-electron chi connectivity index (χ1n) is 8.52. The second kappa shape index (κ2) is 8.59. The minimum absolute atomic E-state index is 0.136. The Morgan fingerprint density at radius 3 is 2.92 bits per heavy atom. The smallest absolute Gasteiger partial charge is 0.323 e. The molecule has 2 rings (SSSR count). The van der Waals surface area contributed by atoms with Gasteiger partial charge in [-0.1, -0.05) is 13.3 Å². The molecule has 9 heteroatoms. The number of nitrogens with one attached hydrogen (secondary N) is 1. The Hall–Kier alpha value is -1.71. The van der Waals surface area contributed by atoms with Crippen LogP contribution in [-0.2, 0) is 14.8 Å². The van der Waals surface area contributed by atoms with Crippen molar-refractivity contribution in [3.8, 4) is 0 Å². The SMILES string of the molecule is CCCCC(=O)NC1CCCN(S(=O)(=O)c2cccc[n+]2[O-])CC1O. The maximum absolute atomic E-state index is 12.7. The van der Waals surface area contributed by atoms with Crippen molar-refractivity contribution in [1.82, 2.24) is 9.62 Å². The van der Waals surface area contributed by atoms with Gasteiger partial charge in [-0.05, 0) is 25.3 Å². The second-order valence-electron chi connectivity index (χ2n) is 6.21. The lowest BCUT2D eigenvalue weighted by Gasteiger charge is -2.24. The normalized spacial score (nSPS) is 22.3. The van der Waals surface area contributed by atoms with E-state index in [2.05, 4.69) is 5.32 Å². The molecule has 2 atom stereocenters. The first-order valence-corrected chi connectivity index (χ1v) is 9.96. The van der Waals surface area contributed by atoms with Crippen LogP contribution in [0, 0.1) is 5.21 Å². The van der Waals surface area contributed by atoms with Crippen molar-refractivity contribution in [3.05, 3.63) is 29.6 Å². The van der Waals surface area contributed by atoms with Crippen LogP contribution >= 0.6 is 0 Å². The van der Waals surface area contributed by atoms with E-state index in [-0.39, 0.29) is 24.0 Å². The predicted octanol–water partition coefficient (Wildman–Crippen LogP) is 0.140. The first-order chi connectivity index (χ1) is 11.9. The van der Waals surface area contributed by atoms with Gasteiger partial charge in [0.15, 0.2) is 6.20 Å². The highest BCUT2D eigenvalue weighted by Crippen LogP contribution is 2.19. The summed E-state index contributed by atoms with van der Waals surface area (Å²) in [5.74, 6) is -0.136. The van der Waals surface area contributed by atoms with E-state index >= 15 is 0 Å². The van der Waals surface area contributed by atoms with Gasteiger partial charge in [0.1, 0.15) is 0 Å². The van der Waals surface area contributed by atoms with Crippen LogP contribution < -0.4 is 10.0 Å². The summed E-state index contributed by atoms with van der Waals surface area (Å²) in [6.07, 6.45) is 3.13. The summed E-state index contributed by atoms with van der Waals surface area (Å²) in [7, 11) is -4.00. The Morgan fingerprint density at radius 1 is 1.48 bits per heavy atom. The van der Waals surface area contributed by atoms with Crippen molar-refractivity contribution < 1.29 is 23.0 Å². The molecule has 0 aromatic carbocycles. The average molecular weight is 371 g/mol. The lowest BCUT2D eigenvalue weighted by atomic mass is 10.1. The Bertz CT molecular complexity index is 695. The molecule has 0 spiro atoms. The van der Waals surface area contributed by atoms with Gasteiger partial charge in [0, 0.05) is 31.6 Å². The lowest BCUT2D eigenvalue weighted by molar-refractivity contribution is -0.646. The van der Waals surface area contributed by atoms with E-state index < -0.39 is 22.2 Å². The number of nitrogens with zero attached hydrogens (tertiary/aromatic N) is 2. The quantitative estimate of drug-likeness (QED) is 0.545. The highest BCUT2D eigenvalue weighted by atomic mass is 32.2. The second-order valence-corrected chi connectivity index (χ2v) is 8.10. The van der Waals surface area contributed by atoms with E-state index in [1.54, 1.807) is 0 Å². The van der Waals surface area contributed by atoms with E-state index in [1.165, 1.54) is 18.2 Å². The Labute approximate surface area is 148 Å². The number of hydrogen-bond acceptors (Lipinski definition) is 5. The molecule has 1 saturated heterocycles. The van der Waals surface area contributed by atoms with Crippen molar-refractivity contribution in [2.75, 3.05) is 13.1 Å². The molecule has 1 aliphatic rings. The molecule has 2 unspecified atom stereocenters. The van der Waals surface area contributed by atoms with E-state index in [0.29, 0.717) is 24.0 Å². The summed E-state index contributed by atoms with van der Waals surface area (Å²) in [6, 6.07) is 3.68. The fourth-order valence-corrected chi connectivity index (χ4v) is 4.38. The number of sulfonamides is 1. The standard InChI is InChI=1S/C16H25N3O5S/c1-2-3-8-15(21)17-13-7-6-10-18(12-14(13)20)25(23,24)16-9-4-5-11-19(16)22/h4-5,9,11,13-14,20H,2-3,6-8,10,12H2,1H3,(H,17,21). The number of hydrogen-bond donors (Lipinski definition) is 2. The lowest BCUT2D eigenvalue weighted by Crippen LogP contribution is -2.48. The highest BCUT2D eigenvalue weighted by molar-refractivity contribution is 7.88. The Morgan fingerprint density at radius 2 is 2.24 bits per heavy atom. The minimum Gasteiger partial charge on any atom is -0.618 e. The third-order valence-corrected chi connectivity index (χ3v) is 6.13. The van der Waals surface area contributed by atoms with Crippen LogP contribution in [0.25, 0.3) is 0 Å². The summed E-state index contributed by atoms with van der Waals surface area (Å²) >= 11 is 0. The van der Waals surface area contributed by atoms with Gasteiger partial charge >= 0.3 is 15.0 Å². The fraction of sp³-hybridized carbons (Fsp3) is 0.625. The number of carbonyl (C=O) groups is 1. The van der Waals surface area contributed by atoms with Gasteiger partial charge in [0.05, 0.1) is 12.1 Å². The third-order valence-electron chi connectivity index (χ3n) is 4.27. The Kier molecular flexibility index (Phi) is 6.74. The van der Waals surface area contributed by atoms with Crippen LogP contribution in [-0.4, -0.2) is 49.0 Å². The summed E-state index contributed by atoms with van der Waals surface area (Å²) in [6.45, 7) is 2.02. The number of aliphatic hydroxyl groups is 1. The molecule has 0 saturated carbocycles. The number of unbranched alkanes of at least 4 members (excludes halogenated alkanes) is 1. The van der Waals surface area contributed by atoms with Crippen molar-refractivity contribution >= 4 is 15.9 Å². The molecule has 140 valence electrons. The number of amides is 1. The molecule has 1 aromatic heterocycles. The predicted molar refractivity (Wildman–Crippen MR) is 90.9 cm³/mol. The zero-order chi connectivity index (χ0) is 18.4. The van der Waals surface area contributed by atoms with Gasteiger partial charge in [-0.15, -0.1) is 0 Å². The summed E-state index contributed by atoms with van der Waals surface area (Å²) in [4.78, 5) is 11.9. The van der Waals surface area contributed by atoms with Crippen molar-refractivity contribution in [2.45, 2.75) is 56.2 Å². The van der Waals surface area contributed by atoms with Crippen molar-refractivity contribution in [2.24, 2.45) is 0 Å². The number of pyridine rings is 1. The molecule has 0 aliphatic carbocycles. The minimum atomic E-state index is -4.00. The average Bonchev–Trinajstić information content (AvgIpc) is 2.75. The largest absolute Gasteiger partial charge is 0.618 e. The molecule has 1 fully saturated rings.